The summed E-state index contributed by atoms with van der Waals surface area (Å²) >= 11 is 0. The Bertz CT molecular complexity index is 423. The van der Waals surface area contributed by atoms with Crippen molar-refractivity contribution in [2.45, 2.75) is 34.1 Å². The topological polar surface area (TPSA) is 17.1 Å². The molecule has 1 heteroatoms. The number of fused-ring (bicyclic) bond motifs is 1. The van der Waals surface area contributed by atoms with Crippen molar-refractivity contribution >= 4 is 5.78 Å². The van der Waals surface area contributed by atoms with Crippen LogP contribution in [0.5, 0.6) is 0 Å². The van der Waals surface area contributed by atoms with Gasteiger partial charge in [-0.05, 0) is 11.3 Å². The normalized spacial score (nSPS) is 49.1. The van der Waals surface area contributed by atoms with Crippen molar-refractivity contribution in [3.05, 3.63) is 24.3 Å². The number of allylic oxidation sites excluding steroid dienone is 4. The fourth-order valence-corrected chi connectivity index (χ4v) is 4.43. The van der Waals surface area contributed by atoms with Gasteiger partial charge in [0.15, 0.2) is 0 Å². The first kappa shape index (κ1) is 10.3. The molecule has 3 rings (SSSR count). The van der Waals surface area contributed by atoms with Gasteiger partial charge in [-0.15, -0.1) is 0 Å². The second-order valence-electron chi connectivity index (χ2n) is 6.90. The highest BCUT2D eigenvalue weighted by Gasteiger charge is 2.82. The Balaban J connectivity index is 2.12. The highest BCUT2D eigenvalue weighted by atomic mass is 16.1. The molecule has 16 heavy (non-hydrogen) atoms. The monoisotopic (exact) mass is 216 g/mol. The third-order valence-corrected chi connectivity index (χ3v) is 5.33. The summed E-state index contributed by atoms with van der Waals surface area (Å²) in [5, 5.41) is 0. The van der Waals surface area contributed by atoms with Gasteiger partial charge in [0.1, 0.15) is 5.78 Å². The van der Waals surface area contributed by atoms with Gasteiger partial charge in [0.25, 0.3) is 0 Å². The molecule has 3 unspecified atom stereocenters. The summed E-state index contributed by atoms with van der Waals surface area (Å²) < 4.78 is 0. The van der Waals surface area contributed by atoms with Crippen molar-refractivity contribution in [2.75, 3.05) is 0 Å². The number of Topliss-reactive ketones (excluding diaryl/α,β-unsaturated/α-hetero) is 1. The van der Waals surface area contributed by atoms with Crippen molar-refractivity contribution in [1.29, 1.82) is 0 Å². The zero-order valence-corrected chi connectivity index (χ0v) is 10.6. The Labute approximate surface area is 97.6 Å². The summed E-state index contributed by atoms with van der Waals surface area (Å²) in [6.45, 7) is 8.98. The molecular weight excluding hydrogens is 196 g/mol. The van der Waals surface area contributed by atoms with E-state index in [0.717, 1.165) is 6.42 Å². The van der Waals surface area contributed by atoms with Crippen LogP contribution >= 0.6 is 0 Å². The van der Waals surface area contributed by atoms with Crippen LogP contribution < -0.4 is 0 Å². The quantitative estimate of drug-likeness (QED) is 0.606. The van der Waals surface area contributed by atoms with Crippen LogP contribution in [0.3, 0.4) is 0 Å². The molecule has 3 aliphatic rings. The lowest BCUT2D eigenvalue weighted by atomic mass is 9.69. The van der Waals surface area contributed by atoms with Crippen LogP contribution in [0.25, 0.3) is 0 Å². The third-order valence-electron chi connectivity index (χ3n) is 5.33. The first-order chi connectivity index (χ1) is 7.35. The molecule has 0 amide bonds. The molecule has 0 bridgehead atoms. The standard InChI is InChI=1S/C15H20O/c1-13(2,3)11-9-12(16)14(4)10-7-5-6-8-15(10,11)14/h5-8,10-11H,9H2,1-4H3/t10?,11-,14?,15?/m0/s1. The fourth-order valence-electron chi connectivity index (χ4n) is 4.43. The van der Waals surface area contributed by atoms with Gasteiger partial charge in [0, 0.05) is 23.2 Å². The largest absolute Gasteiger partial charge is 0.299 e. The molecule has 0 heterocycles. The van der Waals surface area contributed by atoms with Gasteiger partial charge in [-0.3, -0.25) is 4.79 Å². The molecule has 2 saturated carbocycles. The van der Waals surface area contributed by atoms with Crippen LogP contribution in [-0.2, 0) is 4.79 Å². The summed E-state index contributed by atoms with van der Waals surface area (Å²) in [6.07, 6.45) is 9.58. The number of carbonyl (C=O) groups excluding carboxylic acids is 1. The van der Waals surface area contributed by atoms with E-state index in [-0.39, 0.29) is 16.2 Å². The van der Waals surface area contributed by atoms with Crippen LogP contribution in [0.4, 0.5) is 0 Å². The maximum absolute atomic E-state index is 12.3. The van der Waals surface area contributed by atoms with Gasteiger partial charge in [0.2, 0.25) is 0 Å². The predicted molar refractivity (Wildman–Crippen MR) is 64.9 cm³/mol. The molecule has 0 saturated heterocycles. The Hall–Kier alpha value is -0.850. The molecular formula is C15H20O. The van der Waals surface area contributed by atoms with E-state index >= 15 is 0 Å². The molecule has 1 spiro atoms. The summed E-state index contributed by atoms with van der Waals surface area (Å²) in [5.41, 5.74) is 0.281. The maximum atomic E-state index is 12.3. The second-order valence-corrected chi connectivity index (χ2v) is 6.90. The number of hydrogen-bond acceptors (Lipinski definition) is 1. The van der Waals surface area contributed by atoms with E-state index in [1.54, 1.807) is 0 Å². The van der Waals surface area contributed by atoms with Crippen LogP contribution in [0.1, 0.15) is 34.1 Å². The minimum atomic E-state index is -0.0888. The smallest absolute Gasteiger partial charge is 0.140 e. The van der Waals surface area contributed by atoms with Crippen molar-refractivity contribution in [3.8, 4) is 0 Å². The van der Waals surface area contributed by atoms with Gasteiger partial charge in [0.05, 0.1) is 0 Å². The maximum Gasteiger partial charge on any atom is 0.140 e. The lowest BCUT2D eigenvalue weighted by Crippen LogP contribution is -2.28. The number of carbonyl (C=O) groups is 1. The summed E-state index contributed by atoms with van der Waals surface area (Å²) in [6, 6.07) is 0. The van der Waals surface area contributed by atoms with Crippen molar-refractivity contribution < 1.29 is 4.79 Å². The van der Waals surface area contributed by atoms with Crippen LogP contribution in [0, 0.1) is 28.1 Å². The van der Waals surface area contributed by atoms with E-state index in [0.29, 0.717) is 17.6 Å². The van der Waals surface area contributed by atoms with Crippen molar-refractivity contribution in [1.82, 2.24) is 0 Å². The Kier molecular flexibility index (Phi) is 1.63. The van der Waals surface area contributed by atoms with Crippen molar-refractivity contribution in [3.63, 3.8) is 0 Å². The molecule has 3 aliphatic carbocycles. The molecule has 0 aromatic carbocycles. The molecule has 0 radical (unpaired) electrons. The number of rotatable bonds is 0. The molecule has 4 atom stereocenters. The zero-order valence-electron chi connectivity index (χ0n) is 10.6. The molecule has 0 aliphatic heterocycles. The third kappa shape index (κ3) is 0.837. The van der Waals surface area contributed by atoms with Gasteiger partial charge < -0.3 is 0 Å². The van der Waals surface area contributed by atoms with E-state index in [4.69, 9.17) is 0 Å². The number of hydrogen-bond donors (Lipinski definition) is 0. The predicted octanol–water partition coefficient (Wildman–Crippen LogP) is 3.37. The molecule has 0 aromatic heterocycles. The minimum absolute atomic E-state index is 0.0888. The Morgan fingerprint density at radius 3 is 2.62 bits per heavy atom. The van der Waals surface area contributed by atoms with Gasteiger partial charge >= 0.3 is 0 Å². The second kappa shape index (κ2) is 2.52. The highest BCUT2D eigenvalue weighted by molar-refractivity contribution is 5.95. The van der Waals surface area contributed by atoms with Crippen LogP contribution in [0.2, 0.25) is 0 Å². The highest BCUT2D eigenvalue weighted by Crippen LogP contribution is 2.82. The van der Waals surface area contributed by atoms with Gasteiger partial charge in [-0.2, -0.15) is 0 Å². The molecule has 1 nitrogen and oxygen atoms in total. The van der Waals surface area contributed by atoms with E-state index in [9.17, 15) is 4.79 Å². The average molecular weight is 216 g/mol. The first-order valence-corrected chi connectivity index (χ1v) is 6.24. The fraction of sp³-hybridized carbons (Fsp3) is 0.667. The average Bonchev–Trinajstić information content (AvgIpc) is 2.68. The first-order valence-electron chi connectivity index (χ1n) is 6.24. The minimum Gasteiger partial charge on any atom is -0.299 e. The number of ketones is 1. The van der Waals surface area contributed by atoms with Gasteiger partial charge in [-0.25, -0.2) is 0 Å². The molecule has 2 fully saturated rings. The molecule has 86 valence electrons. The van der Waals surface area contributed by atoms with Crippen molar-refractivity contribution in [2.24, 2.45) is 28.1 Å². The van der Waals surface area contributed by atoms with E-state index in [1.165, 1.54) is 0 Å². The lowest BCUT2D eigenvalue weighted by molar-refractivity contribution is -0.123. The van der Waals surface area contributed by atoms with E-state index < -0.39 is 0 Å². The molecule has 0 aromatic rings. The molecule has 0 N–H and O–H groups in total. The summed E-state index contributed by atoms with van der Waals surface area (Å²) in [5.74, 6) is 1.45. The Morgan fingerprint density at radius 1 is 1.31 bits per heavy atom. The zero-order chi connectivity index (χ0) is 11.8. The van der Waals surface area contributed by atoms with E-state index in [2.05, 4.69) is 52.0 Å². The summed E-state index contributed by atoms with van der Waals surface area (Å²) in [4.78, 5) is 12.3. The van der Waals surface area contributed by atoms with Crippen LogP contribution in [0.15, 0.2) is 24.3 Å². The SMILES string of the molecule is CC(C)(C)[C@@H]1CC(=O)C2(C)C3C=CC=CC312. The van der Waals surface area contributed by atoms with Crippen LogP contribution in [-0.4, -0.2) is 5.78 Å². The summed E-state index contributed by atoms with van der Waals surface area (Å²) in [7, 11) is 0. The Morgan fingerprint density at radius 2 is 2.00 bits per heavy atom. The lowest BCUT2D eigenvalue weighted by Gasteiger charge is -2.34. The van der Waals surface area contributed by atoms with Gasteiger partial charge in [-0.1, -0.05) is 52.0 Å². The van der Waals surface area contributed by atoms with E-state index in [1.807, 2.05) is 0 Å².